The zero-order valence-corrected chi connectivity index (χ0v) is 13.5. The van der Waals surface area contributed by atoms with Crippen molar-refractivity contribution in [2.45, 2.75) is 31.7 Å². The Balaban J connectivity index is 1.96. The maximum atomic E-state index is 12.4. The minimum absolute atomic E-state index is 0.00216. The van der Waals surface area contributed by atoms with E-state index >= 15 is 0 Å². The third kappa shape index (κ3) is 5.91. The minimum atomic E-state index is -0.883. The normalized spacial score (nSPS) is 16.0. The molecule has 2 rings (SSSR count). The quantitative estimate of drug-likeness (QED) is 0.723. The molecule has 0 spiro atoms. The second-order valence-electron chi connectivity index (χ2n) is 5.86. The summed E-state index contributed by atoms with van der Waals surface area (Å²) in [6.45, 7) is 1.26. The van der Waals surface area contributed by atoms with Crippen molar-refractivity contribution in [3.63, 3.8) is 0 Å². The van der Waals surface area contributed by atoms with Gasteiger partial charge in [0.05, 0.1) is 0 Å². The summed E-state index contributed by atoms with van der Waals surface area (Å²) in [5.41, 5.74) is 1.04. The number of hydrogen-bond acceptors (Lipinski definition) is 3. The molecule has 130 valence electrons. The van der Waals surface area contributed by atoms with Crippen LogP contribution in [0.25, 0.3) is 0 Å². The number of nitrogens with one attached hydrogen (secondary N) is 2. The molecule has 0 radical (unpaired) electrons. The van der Waals surface area contributed by atoms with Gasteiger partial charge < -0.3 is 20.6 Å². The third-order valence-electron chi connectivity index (χ3n) is 3.96. The topological polar surface area (TPSA) is 98.7 Å². The standard InChI is InChI=1S/C17H23N3O4/c21-15-8-10-20(11-9-18-15)17(24)19-14(6-7-16(22)23)12-13-4-2-1-3-5-13/h1-5,14H,6-12H2,(H,18,21)(H,19,24)(H,22,23). The molecule has 1 aliphatic rings. The second-order valence-corrected chi connectivity index (χ2v) is 5.86. The average molecular weight is 333 g/mol. The van der Waals surface area contributed by atoms with Crippen molar-refractivity contribution >= 4 is 17.9 Å². The smallest absolute Gasteiger partial charge is 0.317 e. The molecule has 7 heteroatoms. The Labute approximate surface area is 141 Å². The SMILES string of the molecule is O=C(O)CCC(Cc1ccccc1)NC(=O)N1CCNC(=O)CC1. The molecule has 1 aliphatic heterocycles. The summed E-state index contributed by atoms with van der Waals surface area (Å²) in [5.74, 6) is -0.941. The highest BCUT2D eigenvalue weighted by atomic mass is 16.4. The summed E-state index contributed by atoms with van der Waals surface area (Å²) >= 11 is 0. The number of carbonyl (C=O) groups excluding carboxylic acids is 2. The van der Waals surface area contributed by atoms with E-state index in [-0.39, 0.29) is 30.8 Å². The van der Waals surface area contributed by atoms with Crippen molar-refractivity contribution < 1.29 is 19.5 Å². The Morgan fingerprint density at radius 1 is 1.25 bits per heavy atom. The first-order valence-corrected chi connectivity index (χ1v) is 8.12. The van der Waals surface area contributed by atoms with Gasteiger partial charge in [0.25, 0.3) is 0 Å². The van der Waals surface area contributed by atoms with Crippen LogP contribution >= 0.6 is 0 Å². The van der Waals surface area contributed by atoms with Crippen molar-refractivity contribution in [3.05, 3.63) is 35.9 Å². The summed E-state index contributed by atoms with van der Waals surface area (Å²) in [5, 5.41) is 14.6. The molecular weight excluding hydrogens is 310 g/mol. The zero-order chi connectivity index (χ0) is 17.4. The highest BCUT2D eigenvalue weighted by Crippen LogP contribution is 2.09. The minimum Gasteiger partial charge on any atom is -0.481 e. The van der Waals surface area contributed by atoms with E-state index in [0.29, 0.717) is 32.5 Å². The van der Waals surface area contributed by atoms with Gasteiger partial charge in [-0.1, -0.05) is 30.3 Å². The Morgan fingerprint density at radius 3 is 2.71 bits per heavy atom. The van der Waals surface area contributed by atoms with Crippen LogP contribution in [-0.4, -0.2) is 53.6 Å². The van der Waals surface area contributed by atoms with Crippen molar-refractivity contribution in [1.29, 1.82) is 0 Å². The number of nitrogens with zero attached hydrogens (tertiary/aromatic N) is 1. The highest BCUT2D eigenvalue weighted by Gasteiger charge is 2.21. The summed E-state index contributed by atoms with van der Waals surface area (Å²) < 4.78 is 0. The van der Waals surface area contributed by atoms with E-state index in [1.54, 1.807) is 4.90 Å². The average Bonchev–Trinajstić information content (AvgIpc) is 2.78. The lowest BCUT2D eigenvalue weighted by atomic mass is 10.0. The molecule has 24 heavy (non-hydrogen) atoms. The van der Waals surface area contributed by atoms with E-state index in [4.69, 9.17) is 5.11 Å². The van der Waals surface area contributed by atoms with Gasteiger partial charge in [-0.3, -0.25) is 9.59 Å². The number of carboxylic acid groups (broad SMARTS) is 1. The molecule has 1 fully saturated rings. The molecule has 1 atom stereocenters. The first-order valence-electron chi connectivity index (χ1n) is 8.12. The number of benzene rings is 1. The molecule has 1 heterocycles. The number of carboxylic acids is 1. The maximum absolute atomic E-state index is 12.4. The van der Waals surface area contributed by atoms with Gasteiger partial charge in [0.2, 0.25) is 5.91 Å². The van der Waals surface area contributed by atoms with Gasteiger partial charge >= 0.3 is 12.0 Å². The number of amides is 3. The van der Waals surface area contributed by atoms with E-state index < -0.39 is 5.97 Å². The summed E-state index contributed by atoms with van der Waals surface area (Å²) in [7, 11) is 0. The molecule has 0 bridgehead atoms. The van der Waals surface area contributed by atoms with E-state index in [1.165, 1.54) is 0 Å². The van der Waals surface area contributed by atoms with Crippen LogP contribution in [0, 0.1) is 0 Å². The van der Waals surface area contributed by atoms with E-state index in [1.807, 2.05) is 30.3 Å². The molecule has 7 nitrogen and oxygen atoms in total. The Kier molecular flexibility index (Phi) is 6.60. The molecule has 0 saturated carbocycles. The molecule has 3 amide bonds. The van der Waals surface area contributed by atoms with Gasteiger partial charge in [-0.15, -0.1) is 0 Å². The van der Waals surface area contributed by atoms with Crippen molar-refractivity contribution in [2.75, 3.05) is 19.6 Å². The number of rotatable bonds is 6. The molecule has 0 aliphatic carbocycles. The predicted molar refractivity (Wildman–Crippen MR) is 88.5 cm³/mol. The second kappa shape index (κ2) is 8.90. The van der Waals surface area contributed by atoms with Crippen molar-refractivity contribution in [1.82, 2.24) is 15.5 Å². The van der Waals surface area contributed by atoms with Crippen LogP contribution < -0.4 is 10.6 Å². The summed E-state index contributed by atoms with van der Waals surface area (Å²) in [6, 6.07) is 9.13. The van der Waals surface area contributed by atoms with Crippen molar-refractivity contribution in [3.8, 4) is 0 Å². The van der Waals surface area contributed by atoms with Gasteiger partial charge in [0, 0.05) is 38.5 Å². The fourth-order valence-electron chi connectivity index (χ4n) is 2.66. The third-order valence-corrected chi connectivity index (χ3v) is 3.96. The lowest BCUT2D eigenvalue weighted by molar-refractivity contribution is -0.137. The fourth-order valence-corrected chi connectivity index (χ4v) is 2.66. The Morgan fingerprint density at radius 2 is 2.00 bits per heavy atom. The van der Waals surface area contributed by atoms with Crippen LogP contribution in [0.5, 0.6) is 0 Å². The first kappa shape index (κ1) is 17.8. The molecule has 1 unspecified atom stereocenters. The molecule has 1 saturated heterocycles. The summed E-state index contributed by atoms with van der Waals surface area (Å²) in [6.07, 6.45) is 1.22. The maximum Gasteiger partial charge on any atom is 0.317 e. The van der Waals surface area contributed by atoms with Gasteiger partial charge in [-0.25, -0.2) is 4.79 Å². The highest BCUT2D eigenvalue weighted by molar-refractivity contribution is 5.79. The monoisotopic (exact) mass is 333 g/mol. The van der Waals surface area contributed by atoms with E-state index in [0.717, 1.165) is 5.56 Å². The number of carbonyl (C=O) groups is 3. The number of aliphatic carboxylic acids is 1. The molecule has 1 aromatic carbocycles. The van der Waals surface area contributed by atoms with Crippen molar-refractivity contribution in [2.24, 2.45) is 0 Å². The predicted octanol–water partition coefficient (Wildman–Crippen LogP) is 0.994. The lowest BCUT2D eigenvalue weighted by Crippen LogP contribution is -2.47. The largest absolute Gasteiger partial charge is 0.481 e. The number of hydrogen-bond donors (Lipinski definition) is 3. The van der Waals surface area contributed by atoms with E-state index in [9.17, 15) is 14.4 Å². The van der Waals surface area contributed by atoms with Crippen LogP contribution in [0.2, 0.25) is 0 Å². The molecule has 1 aromatic rings. The van der Waals surface area contributed by atoms with E-state index in [2.05, 4.69) is 10.6 Å². The molecular formula is C17H23N3O4. The lowest BCUT2D eigenvalue weighted by Gasteiger charge is -2.25. The first-order chi connectivity index (χ1) is 11.5. The van der Waals surface area contributed by atoms with Crippen LogP contribution in [0.15, 0.2) is 30.3 Å². The van der Waals surface area contributed by atoms with Crippen LogP contribution in [0.1, 0.15) is 24.8 Å². The van der Waals surface area contributed by atoms with Gasteiger partial charge in [-0.2, -0.15) is 0 Å². The number of urea groups is 1. The summed E-state index contributed by atoms with van der Waals surface area (Å²) in [4.78, 5) is 36.2. The molecule has 3 N–H and O–H groups in total. The zero-order valence-electron chi connectivity index (χ0n) is 13.5. The van der Waals surface area contributed by atoms with Gasteiger partial charge in [0.15, 0.2) is 0 Å². The van der Waals surface area contributed by atoms with Gasteiger partial charge in [0.1, 0.15) is 0 Å². The Bertz CT molecular complexity index is 576. The Hall–Kier alpha value is -2.57. The van der Waals surface area contributed by atoms with Gasteiger partial charge in [-0.05, 0) is 18.4 Å². The van der Waals surface area contributed by atoms with Crippen LogP contribution in [0.4, 0.5) is 4.79 Å². The van der Waals surface area contributed by atoms with Crippen LogP contribution in [0.3, 0.4) is 0 Å². The van der Waals surface area contributed by atoms with Crippen LogP contribution in [-0.2, 0) is 16.0 Å². The fraction of sp³-hybridized carbons (Fsp3) is 0.471. The molecule has 0 aromatic heterocycles.